The molecule has 4 heteroatoms. The summed E-state index contributed by atoms with van der Waals surface area (Å²) < 4.78 is 12.2. The minimum atomic E-state index is 0.103. The lowest BCUT2D eigenvalue weighted by atomic mass is 10.0. The molecule has 0 aromatic rings. The van der Waals surface area contributed by atoms with Crippen LogP contribution in [0.3, 0.4) is 0 Å². The van der Waals surface area contributed by atoms with Crippen LogP contribution in [0.25, 0.3) is 0 Å². The molecule has 0 radical (unpaired) electrons. The number of hydrogen-bond donors (Lipinski definition) is 0. The van der Waals surface area contributed by atoms with Crippen LogP contribution >= 0.6 is 0 Å². The highest BCUT2D eigenvalue weighted by atomic mass is 16.5. The maximum absolute atomic E-state index is 12.8. The van der Waals surface area contributed by atoms with Crippen molar-refractivity contribution in [2.75, 3.05) is 19.8 Å². The number of allylic oxidation sites excluding steroid dienone is 2. The number of ether oxygens (including phenoxy) is 2. The van der Waals surface area contributed by atoms with Gasteiger partial charge in [0.1, 0.15) is 6.10 Å². The molecule has 3 aliphatic carbocycles. The zero-order valence-corrected chi connectivity index (χ0v) is 13.3. The maximum atomic E-state index is 12.8. The van der Waals surface area contributed by atoms with Crippen LogP contribution in [0.4, 0.5) is 0 Å². The number of hydrogen-bond acceptors (Lipinski definition) is 3. The summed E-state index contributed by atoms with van der Waals surface area (Å²) in [4.78, 5) is 14.9. The maximum Gasteiger partial charge on any atom is 0.223 e. The molecule has 0 N–H and O–H groups in total. The first kappa shape index (κ1) is 14.7. The lowest BCUT2D eigenvalue weighted by molar-refractivity contribution is -0.136. The number of carbonyl (C=O) groups is 1. The molecule has 0 aromatic carbocycles. The van der Waals surface area contributed by atoms with Gasteiger partial charge in [-0.2, -0.15) is 0 Å². The van der Waals surface area contributed by atoms with Crippen molar-refractivity contribution >= 4 is 5.91 Å². The quantitative estimate of drug-likeness (QED) is 0.733. The van der Waals surface area contributed by atoms with Crippen molar-refractivity contribution in [3.63, 3.8) is 0 Å². The topological polar surface area (TPSA) is 38.8 Å². The standard InChI is InChI=1S/C18H27NO3/c20-17(11-13-3-1-2-4-13)19-9-10-21-16-8-7-15(19)18(16)22-12-14-5-6-14/h1,3,13-16,18H,2,4-12H2/t13-,15-,16-,18+/m0/s1. The predicted molar refractivity (Wildman–Crippen MR) is 83.4 cm³/mol. The summed E-state index contributed by atoms with van der Waals surface area (Å²) in [6.45, 7) is 2.25. The minimum absolute atomic E-state index is 0.103. The normalized spacial score (nSPS) is 37.5. The fourth-order valence-corrected chi connectivity index (χ4v) is 4.16. The monoisotopic (exact) mass is 305 g/mol. The Morgan fingerprint density at radius 1 is 1.23 bits per heavy atom. The third-order valence-corrected chi connectivity index (χ3v) is 5.65. The fraction of sp³-hybridized carbons (Fsp3) is 0.833. The van der Waals surface area contributed by atoms with Crippen LogP contribution in [0.2, 0.25) is 0 Å². The van der Waals surface area contributed by atoms with Crippen molar-refractivity contribution in [3.8, 4) is 0 Å². The van der Waals surface area contributed by atoms with E-state index in [1.54, 1.807) is 0 Å². The molecule has 1 saturated heterocycles. The molecule has 4 rings (SSSR count). The lowest BCUT2D eigenvalue weighted by Crippen LogP contribution is -2.47. The van der Waals surface area contributed by atoms with Crippen LogP contribution in [0.15, 0.2) is 12.2 Å². The van der Waals surface area contributed by atoms with Crippen molar-refractivity contribution in [3.05, 3.63) is 12.2 Å². The van der Waals surface area contributed by atoms with Gasteiger partial charge in [-0.25, -0.2) is 0 Å². The van der Waals surface area contributed by atoms with E-state index in [1.807, 2.05) is 0 Å². The van der Waals surface area contributed by atoms with E-state index in [9.17, 15) is 4.79 Å². The number of fused-ring (bicyclic) bond motifs is 2. The second-order valence-electron chi connectivity index (χ2n) is 7.35. The zero-order valence-electron chi connectivity index (χ0n) is 13.3. The van der Waals surface area contributed by atoms with Gasteiger partial charge in [0.25, 0.3) is 0 Å². The van der Waals surface area contributed by atoms with Gasteiger partial charge < -0.3 is 14.4 Å². The first-order valence-corrected chi connectivity index (χ1v) is 9.00. The minimum Gasteiger partial charge on any atom is -0.374 e. The SMILES string of the molecule is O=C(C[C@H]1C=CCC1)N1CCO[C@H]2CC[C@H]1[C@H]2OCC1CC1. The van der Waals surface area contributed by atoms with Gasteiger partial charge in [0, 0.05) is 19.6 Å². The van der Waals surface area contributed by atoms with Crippen LogP contribution in [0.1, 0.15) is 44.9 Å². The van der Waals surface area contributed by atoms with E-state index < -0.39 is 0 Å². The van der Waals surface area contributed by atoms with Gasteiger partial charge >= 0.3 is 0 Å². The smallest absolute Gasteiger partial charge is 0.223 e. The first-order valence-electron chi connectivity index (χ1n) is 9.00. The lowest BCUT2D eigenvalue weighted by Gasteiger charge is -2.32. The largest absolute Gasteiger partial charge is 0.374 e. The average Bonchev–Trinajstić information content (AvgIpc) is 3.08. The van der Waals surface area contributed by atoms with Crippen molar-refractivity contribution in [1.82, 2.24) is 4.90 Å². The molecule has 0 aromatic heterocycles. The van der Waals surface area contributed by atoms with Crippen molar-refractivity contribution < 1.29 is 14.3 Å². The van der Waals surface area contributed by atoms with Crippen molar-refractivity contribution in [1.29, 1.82) is 0 Å². The van der Waals surface area contributed by atoms with Crippen LogP contribution in [-0.2, 0) is 14.3 Å². The second-order valence-corrected chi connectivity index (χ2v) is 7.35. The molecule has 22 heavy (non-hydrogen) atoms. The molecule has 122 valence electrons. The van der Waals surface area contributed by atoms with Gasteiger partial charge in [0.2, 0.25) is 5.91 Å². The third-order valence-electron chi connectivity index (χ3n) is 5.65. The van der Waals surface area contributed by atoms with Gasteiger partial charge in [-0.05, 0) is 50.4 Å². The number of carbonyl (C=O) groups excluding carboxylic acids is 1. The molecule has 4 nitrogen and oxygen atoms in total. The average molecular weight is 305 g/mol. The molecule has 4 aliphatic rings. The molecule has 1 aliphatic heterocycles. The van der Waals surface area contributed by atoms with Gasteiger partial charge in [0.15, 0.2) is 0 Å². The highest BCUT2D eigenvalue weighted by Crippen LogP contribution is 2.36. The predicted octanol–water partition coefficient (Wildman–Crippen LogP) is 2.53. The van der Waals surface area contributed by atoms with E-state index in [0.717, 1.165) is 44.8 Å². The third kappa shape index (κ3) is 3.09. The summed E-state index contributed by atoms with van der Waals surface area (Å²) in [6, 6.07) is 0.240. The molecular weight excluding hydrogens is 278 g/mol. The van der Waals surface area contributed by atoms with Crippen LogP contribution in [0.5, 0.6) is 0 Å². The molecule has 3 fully saturated rings. The Bertz CT molecular complexity index is 446. The molecule has 4 atom stereocenters. The number of nitrogens with zero attached hydrogens (tertiary/aromatic N) is 1. The highest BCUT2D eigenvalue weighted by Gasteiger charge is 2.45. The molecule has 2 saturated carbocycles. The molecule has 0 unspecified atom stereocenters. The van der Waals surface area contributed by atoms with E-state index in [4.69, 9.17) is 9.47 Å². The summed E-state index contributed by atoms with van der Waals surface area (Å²) in [5, 5.41) is 0. The Hall–Kier alpha value is -0.870. The van der Waals surface area contributed by atoms with E-state index in [2.05, 4.69) is 17.1 Å². The van der Waals surface area contributed by atoms with Gasteiger partial charge in [0.05, 0.1) is 18.8 Å². The van der Waals surface area contributed by atoms with E-state index in [-0.39, 0.29) is 18.2 Å². The van der Waals surface area contributed by atoms with Crippen LogP contribution in [0, 0.1) is 11.8 Å². The Kier molecular flexibility index (Phi) is 4.23. The van der Waals surface area contributed by atoms with Crippen molar-refractivity contribution in [2.45, 2.75) is 63.2 Å². The molecular formula is C18H27NO3. The Labute approximate surface area is 132 Å². The van der Waals surface area contributed by atoms with Crippen LogP contribution in [-0.4, -0.2) is 48.8 Å². The summed E-state index contributed by atoms with van der Waals surface area (Å²) in [5.41, 5.74) is 0. The highest BCUT2D eigenvalue weighted by molar-refractivity contribution is 5.77. The summed E-state index contributed by atoms with van der Waals surface area (Å²) in [7, 11) is 0. The van der Waals surface area contributed by atoms with Crippen LogP contribution < -0.4 is 0 Å². The fourth-order valence-electron chi connectivity index (χ4n) is 4.16. The van der Waals surface area contributed by atoms with Gasteiger partial charge in [-0.15, -0.1) is 0 Å². The molecule has 2 bridgehead atoms. The van der Waals surface area contributed by atoms with E-state index >= 15 is 0 Å². The summed E-state index contributed by atoms with van der Waals surface area (Å²) in [5.74, 6) is 1.50. The number of amides is 1. The van der Waals surface area contributed by atoms with Gasteiger partial charge in [-0.3, -0.25) is 4.79 Å². The Morgan fingerprint density at radius 2 is 2.14 bits per heavy atom. The molecule has 1 heterocycles. The van der Waals surface area contributed by atoms with Crippen molar-refractivity contribution in [2.24, 2.45) is 11.8 Å². The molecule has 1 amide bonds. The summed E-state index contributed by atoms with van der Waals surface area (Å²) >= 11 is 0. The Balaban J connectivity index is 1.41. The number of rotatable bonds is 5. The summed E-state index contributed by atoms with van der Waals surface area (Å²) in [6.07, 6.45) is 12.3. The van der Waals surface area contributed by atoms with E-state index in [1.165, 1.54) is 12.8 Å². The zero-order chi connectivity index (χ0) is 14.9. The Morgan fingerprint density at radius 3 is 2.91 bits per heavy atom. The van der Waals surface area contributed by atoms with E-state index in [0.29, 0.717) is 24.9 Å². The first-order chi connectivity index (χ1) is 10.8. The van der Waals surface area contributed by atoms with Gasteiger partial charge in [-0.1, -0.05) is 12.2 Å². The second kappa shape index (κ2) is 6.32. The molecule has 0 spiro atoms.